The van der Waals surface area contributed by atoms with Gasteiger partial charge in [-0.1, -0.05) is 42.5 Å². The van der Waals surface area contributed by atoms with Crippen molar-refractivity contribution in [1.82, 2.24) is 14.9 Å². The van der Waals surface area contributed by atoms with Crippen LogP contribution in [-0.2, 0) is 4.79 Å². The number of benzene rings is 3. The van der Waals surface area contributed by atoms with Gasteiger partial charge in [-0.15, -0.1) is 0 Å². The maximum absolute atomic E-state index is 13.1. The van der Waals surface area contributed by atoms with Gasteiger partial charge in [0.25, 0.3) is 5.91 Å². The summed E-state index contributed by atoms with van der Waals surface area (Å²) in [7, 11) is 1.65. The van der Waals surface area contributed by atoms with Crippen molar-refractivity contribution in [3.8, 4) is 28.4 Å². The van der Waals surface area contributed by atoms with Gasteiger partial charge in [-0.25, -0.2) is 4.98 Å². The van der Waals surface area contributed by atoms with Gasteiger partial charge in [0.15, 0.2) is 11.5 Å². The minimum atomic E-state index is -0.653. The minimum absolute atomic E-state index is 0.0775. The number of para-hydroxylation sites is 2. The van der Waals surface area contributed by atoms with Crippen molar-refractivity contribution in [3.63, 3.8) is 0 Å². The SMILES string of the molecule is COc1cc2nc(N3CCN(C(=O)C4COc5ccccc5O4)CC3)nc(N)c2cc1-c1ccccc1. The van der Waals surface area contributed by atoms with Gasteiger partial charge in [-0.05, 0) is 23.8 Å². The van der Waals surface area contributed by atoms with E-state index in [0.29, 0.717) is 55.0 Å². The quantitative estimate of drug-likeness (QED) is 0.458. The fraction of sp³-hybridized carbons (Fsp3) is 0.250. The third kappa shape index (κ3) is 4.33. The van der Waals surface area contributed by atoms with E-state index < -0.39 is 6.10 Å². The number of carbonyl (C=O) groups is 1. The van der Waals surface area contributed by atoms with Gasteiger partial charge in [-0.2, -0.15) is 4.98 Å². The molecule has 3 heterocycles. The Hall–Kier alpha value is -4.53. The van der Waals surface area contributed by atoms with Crippen molar-refractivity contribution < 1.29 is 19.0 Å². The average Bonchev–Trinajstić information content (AvgIpc) is 2.96. The van der Waals surface area contributed by atoms with E-state index in [0.717, 1.165) is 22.3 Å². The van der Waals surface area contributed by atoms with Gasteiger partial charge < -0.3 is 29.7 Å². The second-order valence-electron chi connectivity index (χ2n) is 9.02. The van der Waals surface area contributed by atoms with Gasteiger partial charge in [0.2, 0.25) is 12.1 Å². The first kappa shape index (κ1) is 22.9. The number of amides is 1. The molecule has 9 nitrogen and oxygen atoms in total. The summed E-state index contributed by atoms with van der Waals surface area (Å²) in [6.45, 7) is 2.42. The van der Waals surface area contributed by atoms with Crippen molar-refractivity contribution in [1.29, 1.82) is 0 Å². The number of aromatic nitrogens is 2. The molecule has 1 fully saturated rings. The summed E-state index contributed by atoms with van der Waals surface area (Å²) in [4.78, 5) is 26.3. The lowest BCUT2D eigenvalue weighted by Gasteiger charge is -2.37. The molecule has 1 atom stereocenters. The zero-order chi connectivity index (χ0) is 25.4. The molecule has 0 bridgehead atoms. The summed E-state index contributed by atoms with van der Waals surface area (Å²) in [5.74, 6) is 2.84. The van der Waals surface area contributed by atoms with Crippen molar-refractivity contribution >= 4 is 28.6 Å². The topological polar surface area (TPSA) is 103 Å². The molecule has 0 spiro atoms. The molecule has 2 N–H and O–H groups in total. The van der Waals surface area contributed by atoms with E-state index in [1.54, 1.807) is 12.0 Å². The van der Waals surface area contributed by atoms with Crippen LogP contribution in [-0.4, -0.2) is 66.8 Å². The van der Waals surface area contributed by atoms with Crippen LogP contribution in [0, 0.1) is 0 Å². The summed E-state index contributed by atoms with van der Waals surface area (Å²) in [5, 5.41) is 0.770. The molecule has 0 saturated carbocycles. The van der Waals surface area contributed by atoms with Crippen LogP contribution < -0.4 is 24.8 Å². The van der Waals surface area contributed by atoms with Crippen LogP contribution in [0.1, 0.15) is 0 Å². The highest BCUT2D eigenvalue weighted by Crippen LogP contribution is 2.36. The predicted molar refractivity (Wildman–Crippen MR) is 141 cm³/mol. The minimum Gasteiger partial charge on any atom is -0.496 e. The maximum Gasteiger partial charge on any atom is 0.267 e. The first-order valence-electron chi connectivity index (χ1n) is 12.2. The van der Waals surface area contributed by atoms with Gasteiger partial charge in [0.1, 0.15) is 18.2 Å². The monoisotopic (exact) mass is 497 g/mol. The molecule has 4 aromatic rings. The third-order valence-electron chi connectivity index (χ3n) is 6.78. The summed E-state index contributed by atoms with van der Waals surface area (Å²) in [6, 6.07) is 21.3. The molecule has 0 radical (unpaired) electrons. The fourth-order valence-electron chi connectivity index (χ4n) is 4.79. The van der Waals surface area contributed by atoms with E-state index in [1.165, 1.54) is 0 Å². The highest BCUT2D eigenvalue weighted by molar-refractivity contribution is 5.95. The molecule has 9 heteroatoms. The van der Waals surface area contributed by atoms with E-state index >= 15 is 0 Å². The number of methoxy groups -OCH3 is 1. The van der Waals surface area contributed by atoms with Gasteiger partial charge in [-0.3, -0.25) is 4.79 Å². The van der Waals surface area contributed by atoms with Crippen LogP contribution in [0.25, 0.3) is 22.0 Å². The molecule has 6 rings (SSSR count). The zero-order valence-corrected chi connectivity index (χ0v) is 20.5. The molecule has 37 heavy (non-hydrogen) atoms. The molecule has 1 saturated heterocycles. The molecule has 0 aliphatic carbocycles. The Morgan fingerprint density at radius 3 is 2.46 bits per heavy atom. The Labute approximate surface area is 214 Å². The number of piperazine rings is 1. The van der Waals surface area contributed by atoms with Gasteiger partial charge >= 0.3 is 0 Å². The molecular weight excluding hydrogens is 470 g/mol. The van der Waals surface area contributed by atoms with Gasteiger partial charge in [0, 0.05) is 43.2 Å². The second kappa shape index (κ2) is 9.50. The molecule has 1 unspecified atom stereocenters. The summed E-state index contributed by atoms with van der Waals surface area (Å²) in [6.07, 6.45) is -0.653. The Kier molecular flexibility index (Phi) is 5.88. The van der Waals surface area contributed by atoms with E-state index in [-0.39, 0.29) is 12.5 Å². The van der Waals surface area contributed by atoms with Crippen LogP contribution in [0.3, 0.4) is 0 Å². The molecular formula is C28H27N5O4. The normalized spacial score (nSPS) is 17.1. The van der Waals surface area contributed by atoms with E-state index in [4.69, 9.17) is 24.9 Å². The molecule has 1 aromatic heterocycles. The second-order valence-corrected chi connectivity index (χ2v) is 9.02. The smallest absolute Gasteiger partial charge is 0.267 e. The molecule has 2 aliphatic rings. The fourth-order valence-corrected chi connectivity index (χ4v) is 4.79. The van der Waals surface area contributed by atoms with Crippen LogP contribution in [0.4, 0.5) is 11.8 Å². The standard InChI is InChI=1S/C28H27N5O4/c1-35-24-16-21-20(15-19(24)18-7-3-2-4-8-18)26(29)31-28(30-21)33-13-11-32(12-14-33)27(34)25-17-36-22-9-5-6-10-23(22)37-25/h2-10,15-16,25H,11-14,17H2,1H3,(H2,29,30,31). The number of hydrogen-bond donors (Lipinski definition) is 1. The Balaban J connectivity index is 1.18. The molecule has 3 aromatic carbocycles. The third-order valence-corrected chi connectivity index (χ3v) is 6.78. The van der Waals surface area contributed by atoms with Gasteiger partial charge in [0.05, 0.1) is 12.6 Å². The number of nitrogens with zero attached hydrogens (tertiary/aromatic N) is 4. The van der Waals surface area contributed by atoms with Crippen molar-refractivity contribution in [2.24, 2.45) is 0 Å². The number of fused-ring (bicyclic) bond motifs is 2. The largest absolute Gasteiger partial charge is 0.496 e. The number of rotatable bonds is 4. The Morgan fingerprint density at radius 2 is 1.70 bits per heavy atom. The van der Waals surface area contributed by atoms with Crippen molar-refractivity contribution in [2.45, 2.75) is 6.10 Å². The number of carbonyl (C=O) groups excluding carboxylic acids is 1. The molecule has 188 valence electrons. The summed E-state index contributed by atoms with van der Waals surface area (Å²) >= 11 is 0. The highest BCUT2D eigenvalue weighted by atomic mass is 16.6. The average molecular weight is 498 g/mol. The predicted octanol–water partition coefficient (Wildman–Crippen LogP) is 3.38. The Morgan fingerprint density at radius 1 is 0.973 bits per heavy atom. The van der Waals surface area contributed by atoms with Crippen molar-refractivity contribution in [3.05, 3.63) is 66.7 Å². The van der Waals surface area contributed by atoms with Crippen LogP contribution in [0.15, 0.2) is 66.7 Å². The van der Waals surface area contributed by atoms with Crippen LogP contribution in [0.5, 0.6) is 17.2 Å². The summed E-state index contributed by atoms with van der Waals surface area (Å²) in [5.41, 5.74) is 9.07. The first-order valence-corrected chi connectivity index (χ1v) is 12.2. The van der Waals surface area contributed by atoms with E-state index in [9.17, 15) is 4.79 Å². The van der Waals surface area contributed by atoms with Crippen LogP contribution in [0.2, 0.25) is 0 Å². The number of nitrogens with two attached hydrogens (primary N) is 1. The lowest BCUT2D eigenvalue weighted by molar-refractivity contribution is -0.141. The van der Waals surface area contributed by atoms with Crippen molar-refractivity contribution in [2.75, 3.05) is 50.5 Å². The number of anilines is 2. The first-order chi connectivity index (χ1) is 18.1. The molecule has 1 amide bonds. The lowest BCUT2D eigenvalue weighted by Crippen LogP contribution is -2.54. The van der Waals surface area contributed by atoms with E-state index in [1.807, 2.05) is 71.6 Å². The highest BCUT2D eigenvalue weighted by Gasteiger charge is 2.33. The van der Waals surface area contributed by atoms with E-state index in [2.05, 4.69) is 4.98 Å². The van der Waals surface area contributed by atoms with Crippen LogP contribution >= 0.6 is 0 Å². The molecule has 2 aliphatic heterocycles. The number of ether oxygens (including phenoxy) is 3. The number of nitrogen functional groups attached to an aromatic ring is 1. The lowest BCUT2D eigenvalue weighted by atomic mass is 10.0. The summed E-state index contributed by atoms with van der Waals surface area (Å²) < 4.78 is 17.3. The zero-order valence-electron chi connectivity index (χ0n) is 20.5. The Bertz CT molecular complexity index is 1450. The number of hydrogen-bond acceptors (Lipinski definition) is 8. The maximum atomic E-state index is 13.1.